The highest BCUT2D eigenvalue weighted by Gasteiger charge is 2.10. The summed E-state index contributed by atoms with van der Waals surface area (Å²) in [6.45, 7) is 7.21. The third-order valence-electron chi connectivity index (χ3n) is 3.63. The average molecular weight is 257 g/mol. The van der Waals surface area contributed by atoms with Crippen molar-refractivity contribution in [2.24, 2.45) is 5.73 Å². The molecule has 0 radical (unpaired) electrons. The van der Waals surface area contributed by atoms with Crippen molar-refractivity contribution in [3.05, 3.63) is 53.1 Å². The van der Waals surface area contributed by atoms with Crippen molar-refractivity contribution in [2.75, 3.05) is 0 Å². The number of nitrogens with zero attached hydrogens (tertiary/aromatic N) is 2. The maximum Gasteiger partial charge on any atom is 0.108 e. The molecule has 0 amide bonds. The summed E-state index contributed by atoms with van der Waals surface area (Å²) in [5, 5.41) is 0. The van der Waals surface area contributed by atoms with Gasteiger partial charge in [0.15, 0.2) is 0 Å². The lowest BCUT2D eigenvalue weighted by Gasteiger charge is -2.16. The molecule has 0 saturated carbocycles. The molecule has 2 rings (SSSR count). The van der Waals surface area contributed by atoms with Crippen molar-refractivity contribution < 1.29 is 0 Å². The molecular formula is C16H23N3. The standard InChI is InChI=1S/C16H23N3/c1-4-5-16-18-8-9-19(16)11-15(17)14-7-6-12(2)13(3)10-14/h6-10,15H,4-5,11,17H2,1-3H3. The fraction of sp³-hybridized carbons (Fsp3) is 0.438. The maximum absolute atomic E-state index is 6.32. The van der Waals surface area contributed by atoms with Crippen LogP contribution in [0.4, 0.5) is 0 Å². The Kier molecular flexibility index (Phi) is 4.38. The first-order chi connectivity index (χ1) is 9.11. The Morgan fingerprint density at radius 3 is 2.74 bits per heavy atom. The highest BCUT2D eigenvalue weighted by atomic mass is 15.1. The molecule has 0 aliphatic rings. The second kappa shape index (κ2) is 6.02. The van der Waals surface area contributed by atoms with E-state index in [1.165, 1.54) is 16.7 Å². The number of hydrogen-bond acceptors (Lipinski definition) is 2. The van der Waals surface area contributed by atoms with Gasteiger partial charge in [-0.3, -0.25) is 0 Å². The lowest BCUT2D eigenvalue weighted by atomic mass is 10.0. The Labute approximate surface area is 115 Å². The predicted molar refractivity (Wildman–Crippen MR) is 79.1 cm³/mol. The molecule has 3 heteroatoms. The van der Waals surface area contributed by atoms with Crippen molar-refractivity contribution in [3.63, 3.8) is 0 Å². The third kappa shape index (κ3) is 3.24. The average Bonchev–Trinajstić information content (AvgIpc) is 2.80. The van der Waals surface area contributed by atoms with E-state index in [1.807, 2.05) is 12.4 Å². The molecule has 1 heterocycles. The van der Waals surface area contributed by atoms with Crippen molar-refractivity contribution in [3.8, 4) is 0 Å². The molecule has 1 unspecified atom stereocenters. The normalized spacial score (nSPS) is 12.6. The van der Waals surface area contributed by atoms with Crippen LogP contribution in [0.15, 0.2) is 30.6 Å². The van der Waals surface area contributed by atoms with Crippen LogP contribution in [0.5, 0.6) is 0 Å². The van der Waals surface area contributed by atoms with E-state index in [-0.39, 0.29) is 6.04 Å². The largest absolute Gasteiger partial charge is 0.333 e. The number of nitrogens with two attached hydrogens (primary N) is 1. The van der Waals surface area contributed by atoms with E-state index >= 15 is 0 Å². The Hall–Kier alpha value is -1.61. The summed E-state index contributed by atoms with van der Waals surface area (Å²) in [5.74, 6) is 1.13. The molecule has 0 aliphatic heterocycles. The summed E-state index contributed by atoms with van der Waals surface area (Å²) in [4.78, 5) is 4.39. The zero-order valence-electron chi connectivity index (χ0n) is 12.1. The number of benzene rings is 1. The predicted octanol–water partition coefficient (Wildman–Crippen LogP) is 3.15. The molecule has 0 aliphatic carbocycles. The van der Waals surface area contributed by atoms with Gasteiger partial charge in [0.05, 0.1) is 0 Å². The third-order valence-corrected chi connectivity index (χ3v) is 3.63. The van der Waals surface area contributed by atoms with Gasteiger partial charge in [-0.1, -0.05) is 25.1 Å². The van der Waals surface area contributed by atoms with Crippen LogP contribution in [-0.2, 0) is 13.0 Å². The number of hydrogen-bond donors (Lipinski definition) is 1. The van der Waals surface area contributed by atoms with E-state index in [0.29, 0.717) is 0 Å². The molecule has 0 spiro atoms. The van der Waals surface area contributed by atoms with Gasteiger partial charge in [0.25, 0.3) is 0 Å². The smallest absolute Gasteiger partial charge is 0.108 e. The zero-order chi connectivity index (χ0) is 13.8. The molecule has 2 aromatic rings. The molecule has 102 valence electrons. The first-order valence-electron chi connectivity index (χ1n) is 6.94. The van der Waals surface area contributed by atoms with E-state index in [0.717, 1.165) is 25.2 Å². The highest BCUT2D eigenvalue weighted by molar-refractivity contribution is 5.31. The van der Waals surface area contributed by atoms with Gasteiger partial charge in [-0.15, -0.1) is 0 Å². The van der Waals surface area contributed by atoms with Crippen LogP contribution in [0.25, 0.3) is 0 Å². The number of rotatable bonds is 5. The zero-order valence-corrected chi connectivity index (χ0v) is 12.1. The minimum atomic E-state index is 0.0177. The van der Waals surface area contributed by atoms with Crippen LogP contribution in [-0.4, -0.2) is 9.55 Å². The second-order valence-corrected chi connectivity index (χ2v) is 5.20. The topological polar surface area (TPSA) is 43.8 Å². The van der Waals surface area contributed by atoms with E-state index < -0.39 is 0 Å². The fourth-order valence-corrected chi connectivity index (χ4v) is 2.27. The Morgan fingerprint density at radius 1 is 1.26 bits per heavy atom. The summed E-state index contributed by atoms with van der Waals surface area (Å²) >= 11 is 0. The maximum atomic E-state index is 6.32. The second-order valence-electron chi connectivity index (χ2n) is 5.20. The Bertz CT molecular complexity index is 543. The van der Waals surface area contributed by atoms with Gasteiger partial charge in [-0.05, 0) is 37.0 Å². The molecule has 1 atom stereocenters. The van der Waals surface area contributed by atoms with Gasteiger partial charge >= 0.3 is 0 Å². The minimum Gasteiger partial charge on any atom is -0.333 e. The first-order valence-corrected chi connectivity index (χ1v) is 6.94. The van der Waals surface area contributed by atoms with Crippen LogP contribution < -0.4 is 5.73 Å². The molecular weight excluding hydrogens is 234 g/mol. The Balaban J connectivity index is 2.13. The lowest BCUT2D eigenvalue weighted by Crippen LogP contribution is -2.19. The quantitative estimate of drug-likeness (QED) is 0.894. The van der Waals surface area contributed by atoms with Crippen molar-refractivity contribution in [1.82, 2.24) is 9.55 Å². The highest BCUT2D eigenvalue weighted by Crippen LogP contribution is 2.17. The SMILES string of the molecule is CCCc1nccn1CC(N)c1ccc(C)c(C)c1. The molecule has 0 fully saturated rings. The fourth-order valence-electron chi connectivity index (χ4n) is 2.27. The van der Waals surface area contributed by atoms with Crippen LogP contribution in [0.3, 0.4) is 0 Å². The van der Waals surface area contributed by atoms with Crippen LogP contribution in [0.2, 0.25) is 0 Å². The van der Waals surface area contributed by atoms with E-state index in [2.05, 4.69) is 48.5 Å². The number of imidazole rings is 1. The minimum absolute atomic E-state index is 0.0177. The lowest BCUT2D eigenvalue weighted by molar-refractivity contribution is 0.552. The van der Waals surface area contributed by atoms with E-state index in [4.69, 9.17) is 5.73 Å². The Morgan fingerprint density at radius 2 is 2.05 bits per heavy atom. The number of aryl methyl sites for hydroxylation is 3. The van der Waals surface area contributed by atoms with Crippen LogP contribution >= 0.6 is 0 Å². The van der Waals surface area contributed by atoms with Crippen molar-refractivity contribution in [1.29, 1.82) is 0 Å². The van der Waals surface area contributed by atoms with Gasteiger partial charge in [0, 0.05) is 31.4 Å². The summed E-state index contributed by atoms with van der Waals surface area (Å²) in [6.07, 6.45) is 5.99. The van der Waals surface area contributed by atoms with Gasteiger partial charge in [0.2, 0.25) is 0 Å². The summed E-state index contributed by atoms with van der Waals surface area (Å²) in [6, 6.07) is 6.48. The molecule has 3 nitrogen and oxygen atoms in total. The summed E-state index contributed by atoms with van der Waals surface area (Å²) in [7, 11) is 0. The first kappa shape index (κ1) is 13.8. The monoisotopic (exact) mass is 257 g/mol. The van der Waals surface area contributed by atoms with Gasteiger partial charge in [-0.2, -0.15) is 0 Å². The van der Waals surface area contributed by atoms with Gasteiger partial charge in [-0.25, -0.2) is 4.98 Å². The van der Waals surface area contributed by atoms with E-state index in [1.54, 1.807) is 0 Å². The molecule has 2 N–H and O–H groups in total. The summed E-state index contributed by atoms with van der Waals surface area (Å²) < 4.78 is 2.17. The molecule has 0 saturated heterocycles. The van der Waals surface area contributed by atoms with Gasteiger partial charge < -0.3 is 10.3 Å². The number of aromatic nitrogens is 2. The van der Waals surface area contributed by atoms with Crippen molar-refractivity contribution >= 4 is 0 Å². The van der Waals surface area contributed by atoms with E-state index in [9.17, 15) is 0 Å². The molecule has 0 bridgehead atoms. The van der Waals surface area contributed by atoms with Gasteiger partial charge in [0.1, 0.15) is 5.82 Å². The molecule has 19 heavy (non-hydrogen) atoms. The molecule has 1 aromatic heterocycles. The van der Waals surface area contributed by atoms with Crippen molar-refractivity contribution in [2.45, 2.75) is 46.2 Å². The summed E-state index contributed by atoms with van der Waals surface area (Å²) in [5.41, 5.74) is 10.1. The van der Waals surface area contributed by atoms with Crippen LogP contribution in [0, 0.1) is 13.8 Å². The molecule has 1 aromatic carbocycles. The van der Waals surface area contributed by atoms with Crippen LogP contribution in [0.1, 0.15) is 41.9 Å².